The van der Waals surface area contributed by atoms with Crippen molar-refractivity contribution < 1.29 is 8.42 Å². The lowest BCUT2D eigenvalue weighted by atomic mass is 9.87. The van der Waals surface area contributed by atoms with E-state index in [2.05, 4.69) is 20.8 Å². The number of nitrogens with zero attached hydrogens (tertiary/aromatic N) is 1. The molecule has 0 heterocycles. The van der Waals surface area contributed by atoms with Gasteiger partial charge in [0.05, 0.1) is 10.6 Å². The lowest BCUT2D eigenvalue weighted by molar-refractivity contribution is 0.586. The molecule has 0 aliphatic rings. The Kier molecular flexibility index (Phi) is 4.34. The SMILES string of the molecule is Cc1ccc(N(C)S(=O)(=O)c2ccc(C(C)(C)C)cc2)cc1. The van der Waals surface area contributed by atoms with E-state index < -0.39 is 10.0 Å². The van der Waals surface area contributed by atoms with Crippen LogP contribution in [-0.4, -0.2) is 15.5 Å². The highest BCUT2D eigenvalue weighted by Crippen LogP contribution is 2.26. The van der Waals surface area contributed by atoms with Gasteiger partial charge in [0.25, 0.3) is 10.0 Å². The molecule has 0 atom stereocenters. The normalized spacial score (nSPS) is 12.2. The Morgan fingerprint density at radius 2 is 1.36 bits per heavy atom. The van der Waals surface area contributed by atoms with E-state index in [0.29, 0.717) is 10.6 Å². The molecule has 0 unspecified atom stereocenters. The Morgan fingerprint density at radius 3 is 1.82 bits per heavy atom. The number of sulfonamides is 1. The second-order valence-corrected chi connectivity index (χ2v) is 8.55. The number of rotatable bonds is 3. The summed E-state index contributed by atoms with van der Waals surface area (Å²) in [6.07, 6.45) is 0. The molecule has 0 aromatic heterocycles. The van der Waals surface area contributed by atoms with Crippen molar-refractivity contribution in [1.29, 1.82) is 0 Å². The van der Waals surface area contributed by atoms with Gasteiger partial charge in [0, 0.05) is 7.05 Å². The largest absolute Gasteiger partial charge is 0.269 e. The minimum Gasteiger partial charge on any atom is -0.269 e. The van der Waals surface area contributed by atoms with Gasteiger partial charge >= 0.3 is 0 Å². The van der Waals surface area contributed by atoms with Gasteiger partial charge in [-0.1, -0.05) is 50.6 Å². The van der Waals surface area contributed by atoms with Gasteiger partial charge in [-0.15, -0.1) is 0 Å². The Morgan fingerprint density at radius 1 is 0.864 bits per heavy atom. The summed E-state index contributed by atoms with van der Waals surface area (Å²) in [6.45, 7) is 8.29. The van der Waals surface area contributed by atoms with Crippen LogP contribution in [0.4, 0.5) is 5.69 Å². The molecule has 0 saturated carbocycles. The molecule has 0 aliphatic heterocycles. The quantitative estimate of drug-likeness (QED) is 0.854. The van der Waals surface area contributed by atoms with Crippen molar-refractivity contribution in [3.8, 4) is 0 Å². The zero-order valence-corrected chi connectivity index (χ0v) is 14.6. The van der Waals surface area contributed by atoms with E-state index in [9.17, 15) is 8.42 Å². The number of hydrogen-bond acceptors (Lipinski definition) is 2. The third kappa shape index (κ3) is 3.33. The van der Waals surface area contributed by atoms with Crippen LogP contribution < -0.4 is 4.31 Å². The highest BCUT2D eigenvalue weighted by Gasteiger charge is 2.22. The first-order valence-electron chi connectivity index (χ1n) is 7.28. The molecule has 0 aliphatic carbocycles. The maximum atomic E-state index is 12.7. The average molecular weight is 317 g/mol. The van der Waals surface area contributed by atoms with E-state index in [4.69, 9.17) is 0 Å². The average Bonchev–Trinajstić information content (AvgIpc) is 2.46. The van der Waals surface area contributed by atoms with E-state index in [-0.39, 0.29) is 5.41 Å². The van der Waals surface area contributed by atoms with Crippen LogP contribution in [0.1, 0.15) is 31.9 Å². The first-order chi connectivity index (χ1) is 10.1. The van der Waals surface area contributed by atoms with Crippen LogP contribution in [-0.2, 0) is 15.4 Å². The molecular formula is C18H23NO2S. The molecular weight excluding hydrogens is 294 g/mol. The highest BCUT2D eigenvalue weighted by atomic mass is 32.2. The molecule has 4 heteroatoms. The molecule has 0 spiro atoms. The van der Waals surface area contributed by atoms with Gasteiger partial charge in [0.1, 0.15) is 0 Å². The van der Waals surface area contributed by atoms with E-state index in [0.717, 1.165) is 11.1 Å². The molecule has 2 aromatic carbocycles. The smallest absolute Gasteiger partial charge is 0.264 e. The van der Waals surface area contributed by atoms with Crippen LogP contribution >= 0.6 is 0 Å². The molecule has 0 bridgehead atoms. The zero-order chi connectivity index (χ0) is 16.5. The predicted molar refractivity (Wildman–Crippen MR) is 91.9 cm³/mol. The fraction of sp³-hybridized carbons (Fsp3) is 0.333. The molecule has 3 nitrogen and oxygen atoms in total. The molecule has 0 amide bonds. The third-order valence-corrected chi connectivity index (χ3v) is 5.58. The summed E-state index contributed by atoms with van der Waals surface area (Å²) in [5.41, 5.74) is 2.88. The lowest BCUT2D eigenvalue weighted by Gasteiger charge is -2.22. The summed E-state index contributed by atoms with van der Waals surface area (Å²) in [6, 6.07) is 14.6. The molecule has 0 fully saturated rings. The van der Waals surface area contributed by atoms with Crippen LogP contribution in [0.3, 0.4) is 0 Å². The zero-order valence-electron chi connectivity index (χ0n) is 13.8. The van der Waals surface area contributed by atoms with Crippen LogP contribution in [0.2, 0.25) is 0 Å². The highest BCUT2D eigenvalue weighted by molar-refractivity contribution is 7.92. The van der Waals surface area contributed by atoms with Crippen molar-refractivity contribution in [2.45, 2.75) is 38.0 Å². The summed E-state index contributed by atoms with van der Waals surface area (Å²) < 4.78 is 26.7. The minimum atomic E-state index is -3.53. The Balaban J connectivity index is 2.35. The Bertz CT molecular complexity index is 739. The Labute approximate surface area is 133 Å². The number of benzene rings is 2. The van der Waals surface area contributed by atoms with Crippen LogP contribution in [0, 0.1) is 6.92 Å². The van der Waals surface area contributed by atoms with Crippen molar-refractivity contribution in [1.82, 2.24) is 0 Å². The minimum absolute atomic E-state index is 0.00511. The fourth-order valence-electron chi connectivity index (χ4n) is 2.18. The molecule has 2 aromatic rings. The second-order valence-electron chi connectivity index (χ2n) is 6.58. The van der Waals surface area contributed by atoms with Gasteiger partial charge in [-0.2, -0.15) is 0 Å². The third-order valence-electron chi connectivity index (χ3n) is 3.78. The van der Waals surface area contributed by atoms with E-state index >= 15 is 0 Å². The topological polar surface area (TPSA) is 37.4 Å². The van der Waals surface area contributed by atoms with Gasteiger partial charge in [0.15, 0.2) is 0 Å². The van der Waals surface area contributed by atoms with Gasteiger partial charge in [-0.05, 0) is 42.2 Å². The number of hydrogen-bond donors (Lipinski definition) is 0. The maximum absolute atomic E-state index is 12.7. The number of aryl methyl sites for hydroxylation is 1. The molecule has 0 N–H and O–H groups in total. The molecule has 2 rings (SSSR count). The molecule has 22 heavy (non-hydrogen) atoms. The van der Waals surface area contributed by atoms with Crippen molar-refractivity contribution in [3.63, 3.8) is 0 Å². The van der Waals surface area contributed by atoms with Gasteiger partial charge < -0.3 is 0 Å². The van der Waals surface area contributed by atoms with E-state index in [1.54, 1.807) is 19.2 Å². The molecule has 0 saturated heterocycles. The van der Waals surface area contributed by atoms with Crippen molar-refractivity contribution >= 4 is 15.7 Å². The predicted octanol–water partition coefficient (Wildman–Crippen LogP) is 4.12. The van der Waals surface area contributed by atoms with Gasteiger partial charge in [-0.25, -0.2) is 8.42 Å². The van der Waals surface area contributed by atoms with E-state index in [1.807, 2.05) is 43.3 Å². The first-order valence-corrected chi connectivity index (χ1v) is 8.72. The summed E-state index contributed by atoms with van der Waals surface area (Å²) in [5.74, 6) is 0. The second kappa shape index (κ2) is 5.76. The lowest BCUT2D eigenvalue weighted by Crippen LogP contribution is -2.26. The van der Waals surface area contributed by atoms with Crippen LogP contribution in [0.25, 0.3) is 0 Å². The standard InChI is InChI=1S/C18H23NO2S/c1-14-6-10-16(11-7-14)19(5)22(20,21)17-12-8-15(9-13-17)18(2,3)4/h6-13H,1-5H3. The maximum Gasteiger partial charge on any atom is 0.264 e. The summed E-state index contributed by atoms with van der Waals surface area (Å²) in [7, 11) is -1.95. The summed E-state index contributed by atoms with van der Waals surface area (Å²) in [5, 5.41) is 0. The fourth-order valence-corrected chi connectivity index (χ4v) is 3.37. The number of anilines is 1. The van der Waals surface area contributed by atoms with Gasteiger partial charge in [-0.3, -0.25) is 4.31 Å². The molecule has 0 radical (unpaired) electrons. The monoisotopic (exact) mass is 317 g/mol. The molecule has 118 valence electrons. The van der Waals surface area contributed by atoms with Crippen molar-refractivity contribution in [3.05, 3.63) is 59.7 Å². The Hall–Kier alpha value is -1.81. The van der Waals surface area contributed by atoms with E-state index in [1.165, 1.54) is 4.31 Å². The first kappa shape index (κ1) is 16.6. The van der Waals surface area contributed by atoms with Crippen LogP contribution in [0.15, 0.2) is 53.4 Å². The van der Waals surface area contributed by atoms with Crippen molar-refractivity contribution in [2.24, 2.45) is 0 Å². The summed E-state index contributed by atoms with van der Waals surface area (Å²) >= 11 is 0. The summed E-state index contributed by atoms with van der Waals surface area (Å²) in [4.78, 5) is 0.309. The van der Waals surface area contributed by atoms with Crippen LogP contribution in [0.5, 0.6) is 0 Å². The van der Waals surface area contributed by atoms with Crippen molar-refractivity contribution in [2.75, 3.05) is 11.4 Å². The van der Waals surface area contributed by atoms with Gasteiger partial charge in [0.2, 0.25) is 0 Å².